The van der Waals surface area contributed by atoms with Crippen LogP contribution in [-0.4, -0.2) is 40.8 Å². The molecule has 1 rings (SSSR count). The predicted molar refractivity (Wildman–Crippen MR) is 106 cm³/mol. The Kier molecular flexibility index (Phi) is 7.74. The molecule has 0 aliphatic heterocycles. The highest BCUT2D eigenvalue weighted by molar-refractivity contribution is 14.1. The Bertz CT molecular complexity index is 761. The molecule has 0 radical (unpaired) electrons. The number of alkyl halides is 2. The third kappa shape index (κ3) is 6.57. The molecule has 0 aliphatic rings. The van der Waals surface area contributed by atoms with Crippen molar-refractivity contribution in [2.45, 2.75) is 52.2 Å². The van der Waals surface area contributed by atoms with Gasteiger partial charge in [-0.25, -0.2) is 14.4 Å². The van der Waals surface area contributed by atoms with Crippen molar-refractivity contribution in [2.75, 3.05) is 5.32 Å². The van der Waals surface area contributed by atoms with Gasteiger partial charge >= 0.3 is 24.0 Å². The van der Waals surface area contributed by atoms with E-state index in [0.717, 1.165) is 0 Å². The van der Waals surface area contributed by atoms with Gasteiger partial charge in [0.1, 0.15) is 5.60 Å². The van der Waals surface area contributed by atoms with Crippen LogP contribution in [0.25, 0.3) is 0 Å². The summed E-state index contributed by atoms with van der Waals surface area (Å²) in [7, 11) is 0. The predicted octanol–water partition coefficient (Wildman–Crippen LogP) is 4.54. The standard InChI is InChI=1S/C18H22F2INO6/c1-9(2)13(18(19,20)15(24)25)27-14(23)11-8-10(6-7-12(11)21)22-16(26)28-17(3,4)5/h6-9,13H,1-5H3,(H,22,26)(H,24,25). The van der Waals surface area contributed by atoms with Crippen LogP contribution in [-0.2, 0) is 14.3 Å². The summed E-state index contributed by atoms with van der Waals surface area (Å²) in [6.45, 7) is 7.68. The number of halogens is 3. The number of anilines is 1. The second kappa shape index (κ2) is 9.01. The zero-order chi connectivity index (χ0) is 21.9. The second-order valence-corrected chi connectivity index (χ2v) is 8.48. The van der Waals surface area contributed by atoms with Gasteiger partial charge in [-0.15, -0.1) is 0 Å². The van der Waals surface area contributed by atoms with Crippen molar-refractivity contribution < 1.29 is 37.7 Å². The van der Waals surface area contributed by atoms with Gasteiger partial charge in [0.2, 0.25) is 0 Å². The number of carbonyl (C=O) groups is 3. The number of esters is 1. The fraction of sp³-hybridized carbons (Fsp3) is 0.500. The number of hydrogen-bond acceptors (Lipinski definition) is 5. The van der Waals surface area contributed by atoms with E-state index in [0.29, 0.717) is 3.57 Å². The quantitative estimate of drug-likeness (QED) is 0.428. The first-order valence-corrected chi connectivity index (χ1v) is 9.34. The Morgan fingerprint density at radius 3 is 2.21 bits per heavy atom. The van der Waals surface area contributed by atoms with Gasteiger partial charge in [0, 0.05) is 9.26 Å². The summed E-state index contributed by atoms with van der Waals surface area (Å²) in [5.41, 5.74) is -0.643. The van der Waals surface area contributed by atoms with Gasteiger partial charge in [0.15, 0.2) is 6.10 Å². The van der Waals surface area contributed by atoms with Gasteiger partial charge in [-0.2, -0.15) is 8.78 Å². The highest BCUT2D eigenvalue weighted by atomic mass is 127. The van der Waals surface area contributed by atoms with Crippen LogP contribution in [0.2, 0.25) is 0 Å². The first-order valence-electron chi connectivity index (χ1n) is 8.27. The minimum Gasteiger partial charge on any atom is -0.477 e. The number of carboxylic acid groups (broad SMARTS) is 1. The minimum absolute atomic E-state index is 0.0963. The molecule has 1 aromatic carbocycles. The highest BCUT2D eigenvalue weighted by Gasteiger charge is 2.51. The van der Waals surface area contributed by atoms with Crippen LogP contribution < -0.4 is 5.32 Å². The van der Waals surface area contributed by atoms with E-state index in [1.165, 1.54) is 32.0 Å². The molecule has 0 aliphatic carbocycles. The smallest absolute Gasteiger partial charge is 0.412 e. The van der Waals surface area contributed by atoms with Crippen LogP contribution in [0.1, 0.15) is 45.0 Å². The molecule has 7 nitrogen and oxygen atoms in total. The van der Waals surface area contributed by atoms with E-state index >= 15 is 0 Å². The second-order valence-electron chi connectivity index (χ2n) is 7.32. The molecule has 1 atom stereocenters. The third-order valence-corrected chi connectivity index (χ3v) is 4.25. The van der Waals surface area contributed by atoms with Crippen molar-refractivity contribution in [3.05, 3.63) is 27.3 Å². The summed E-state index contributed by atoms with van der Waals surface area (Å²) in [5, 5.41) is 11.2. The molecule has 0 fully saturated rings. The lowest BCUT2D eigenvalue weighted by Gasteiger charge is -2.26. The van der Waals surface area contributed by atoms with Gasteiger partial charge < -0.3 is 14.6 Å². The van der Waals surface area contributed by atoms with E-state index < -0.39 is 41.6 Å². The molecular formula is C18H22F2INO6. The monoisotopic (exact) mass is 513 g/mol. The van der Waals surface area contributed by atoms with Crippen LogP contribution >= 0.6 is 22.6 Å². The van der Waals surface area contributed by atoms with Crippen molar-refractivity contribution in [1.82, 2.24) is 0 Å². The van der Waals surface area contributed by atoms with Crippen molar-refractivity contribution in [2.24, 2.45) is 5.92 Å². The van der Waals surface area contributed by atoms with Crippen LogP contribution in [0.4, 0.5) is 19.3 Å². The minimum atomic E-state index is -4.25. The van der Waals surface area contributed by atoms with Crippen molar-refractivity contribution >= 4 is 46.3 Å². The maximum Gasteiger partial charge on any atom is 0.412 e. The molecule has 0 aromatic heterocycles. The maximum atomic E-state index is 13.9. The molecule has 28 heavy (non-hydrogen) atoms. The van der Waals surface area contributed by atoms with Crippen molar-refractivity contribution in [1.29, 1.82) is 0 Å². The van der Waals surface area contributed by atoms with E-state index in [1.54, 1.807) is 43.4 Å². The summed E-state index contributed by atoms with van der Waals surface area (Å²) in [6, 6.07) is 4.21. The lowest BCUT2D eigenvalue weighted by atomic mass is 10.0. The fourth-order valence-electron chi connectivity index (χ4n) is 2.11. The Hall–Kier alpha value is -1.98. The zero-order valence-electron chi connectivity index (χ0n) is 16.0. The molecule has 1 amide bonds. The lowest BCUT2D eigenvalue weighted by Crippen LogP contribution is -2.47. The van der Waals surface area contributed by atoms with Gasteiger partial charge in [-0.05, 0) is 67.5 Å². The van der Waals surface area contributed by atoms with E-state index in [-0.39, 0.29) is 11.3 Å². The number of ether oxygens (including phenoxy) is 2. The number of nitrogens with one attached hydrogen (secondary N) is 1. The van der Waals surface area contributed by atoms with Gasteiger partial charge in [-0.1, -0.05) is 13.8 Å². The lowest BCUT2D eigenvalue weighted by molar-refractivity contribution is -0.187. The number of carbonyl (C=O) groups excluding carboxylic acids is 2. The van der Waals surface area contributed by atoms with Crippen LogP contribution in [0, 0.1) is 9.49 Å². The van der Waals surface area contributed by atoms with Crippen LogP contribution in [0.3, 0.4) is 0 Å². The van der Waals surface area contributed by atoms with Crippen molar-refractivity contribution in [3.63, 3.8) is 0 Å². The number of aliphatic carboxylic acids is 1. The van der Waals surface area contributed by atoms with Crippen LogP contribution in [0.15, 0.2) is 18.2 Å². The first kappa shape index (κ1) is 24.1. The molecule has 0 saturated heterocycles. The molecule has 10 heteroatoms. The summed E-state index contributed by atoms with van der Waals surface area (Å²) < 4.78 is 38.1. The normalized spacial score (nSPS) is 13.0. The number of rotatable bonds is 6. The third-order valence-electron chi connectivity index (χ3n) is 3.31. The summed E-state index contributed by atoms with van der Waals surface area (Å²) in [4.78, 5) is 35.1. The molecule has 1 aromatic rings. The topological polar surface area (TPSA) is 102 Å². The van der Waals surface area contributed by atoms with E-state index in [4.69, 9.17) is 14.6 Å². The SMILES string of the molecule is CC(C)C(OC(=O)c1cc(NC(=O)OC(C)(C)C)ccc1I)C(F)(F)C(=O)O. The number of benzene rings is 1. The fourth-order valence-corrected chi connectivity index (χ4v) is 2.67. The van der Waals surface area contributed by atoms with Gasteiger partial charge in [0.25, 0.3) is 0 Å². The molecule has 0 bridgehead atoms. The highest BCUT2D eigenvalue weighted by Crippen LogP contribution is 2.29. The summed E-state index contributed by atoms with van der Waals surface area (Å²) in [6.07, 6.45) is -2.92. The van der Waals surface area contributed by atoms with E-state index in [9.17, 15) is 23.2 Å². The average molecular weight is 513 g/mol. The van der Waals surface area contributed by atoms with E-state index in [2.05, 4.69) is 5.32 Å². The van der Waals surface area contributed by atoms with Crippen LogP contribution in [0.5, 0.6) is 0 Å². The zero-order valence-corrected chi connectivity index (χ0v) is 18.2. The molecule has 156 valence electrons. The summed E-state index contributed by atoms with van der Waals surface area (Å²) >= 11 is 1.80. The molecule has 0 heterocycles. The van der Waals surface area contributed by atoms with E-state index in [1.807, 2.05) is 0 Å². The van der Waals surface area contributed by atoms with Crippen molar-refractivity contribution in [3.8, 4) is 0 Å². The number of hydrogen-bond donors (Lipinski definition) is 2. The van der Waals surface area contributed by atoms with Gasteiger partial charge in [-0.3, -0.25) is 5.32 Å². The number of carboxylic acids is 1. The molecule has 0 spiro atoms. The number of amides is 1. The Morgan fingerprint density at radius 2 is 1.75 bits per heavy atom. The summed E-state index contributed by atoms with van der Waals surface area (Å²) in [5.74, 6) is -8.71. The maximum absolute atomic E-state index is 13.9. The van der Waals surface area contributed by atoms with Gasteiger partial charge in [0.05, 0.1) is 5.56 Å². The Labute approximate surface area is 174 Å². The molecule has 2 N–H and O–H groups in total. The molecule has 0 saturated carbocycles. The molecular weight excluding hydrogens is 491 g/mol. The largest absolute Gasteiger partial charge is 0.477 e. The molecule has 1 unspecified atom stereocenters. The Morgan fingerprint density at radius 1 is 1.18 bits per heavy atom. The Balaban J connectivity index is 3.07. The average Bonchev–Trinajstić information content (AvgIpc) is 2.51. The first-order chi connectivity index (χ1) is 12.6.